The fraction of sp³-hybridized carbons (Fsp3) is 0.625. The number of aliphatic hydroxyl groups is 1. The molecule has 1 aliphatic rings. The number of aliphatic hydroxyl groups excluding tert-OH is 1. The van der Waals surface area contributed by atoms with Gasteiger partial charge in [0, 0.05) is 31.3 Å². The second-order valence-corrected chi connectivity index (χ2v) is 6.66. The van der Waals surface area contributed by atoms with Crippen molar-refractivity contribution in [2.75, 3.05) is 40.0 Å². The van der Waals surface area contributed by atoms with Crippen LogP contribution >= 0.6 is 23.2 Å². The second kappa shape index (κ2) is 8.94. The molecule has 0 bridgehead atoms. The van der Waals surface area contributed by atoms with Gasteiger partial charge in [0.05, 0.1) is 5.02 Å². The van der Waals surface area contributed by atoms with Crippen LogP contribution in [0.15, 0.2) is 18.2 Å². The van der Waals surface area contributed by atoms with Gasteiger partial charge in [0.2, 0.25) is 0 Å². The van der Waals surface area contributed by atoms with Crippen LogP contribution in [0.2, 0.25) is 10.0 Å². The van der Waals surface area contributed by atoms with Crippen LogP contribution in [-0.4, -0.2) is 56.1 Å². The molecule has 0 amide bonds. The third kappa shape index (κ3) is 5.94. The van der Waals surface area contributed by atoms with Crippen molar-refractivity contribution < 1.29 is 14.6 Å². The maximum absolute atomic E-state index is 10.1. The molecule has 0 spiro atoms. The molecular formula is C16H23Cl2NO3. The van der Waals surface area contributed by atoms with E-state index < -0.39 is 6.10 Å². The standard InChI is InChI=1S/C16H23Cl2NO3/c1-19(9-12-4-6-21-7-5-12)10-14(20)11-22-16-3-2-13(17)8-15(16)18/h2-3,8,12,14,20H,4-7,9-11H2,1H3. The predicted octanol–water partition coefficient (Wildman–Crippen LogP) is 3.09. The highest BCUT2D eigenvalue weighted by Crippen LogP contribution is 2.27. The van der Waals surface area contributed by atoms with Gasteiger partial charge >= 0.3 is 0 Å². The second-order valence-electron chi connectivity index (χ2n) is 5.82. The van der Waals surface area contributed by atoms with E-state index in [-0.39, 0.29) is 6.61 Å². The SMILES string of the molecule is CN(CC(O)COc1ccc(Cl)cc1Cl)CC1CCOCC1. The van der Waals surface area contributed by atoms with Crippen molar-refractivity contribution in [3.05, 3.63) is 28.2 Å². The molecule has 0 aromatic heterocycles. The Labute approximate surface area is 141 Å². The summed E-state index contributed by atoms with van der Waals surface area (Å²) in [6.07, 6.45) is 1.63. The minimum atomic E-state index is -0.559. The molecule has 1 saturated heterocycles. The Morgan fingerprint density at radius 2 is 2.09 bits per heavy atom. The average molecular weight is 348 g/mol. The molecule has 1 aliphatic heterocycles. The van der Waals surface area contributed by atoms with Crippen LogP contribution < -0.4 is 4.74 Å². The van der Waals surface area contributed by atoms with Crippen LogP contribution in [0.4, 0.5) is 0 Å². The first-order valence-electron chi connectivity index (χ1n) is 7.57. The highest BCUT2D eigenvalue weighted by molar-refractivity contribution is 6.35. The number of hydrogen-bond donors (Lipinski definition) is 1. The molecule has 1 atom stereocenters. The van der Waals surface area contributed by atoms with Gasteiger partial charge in [-0.3, -0.25) is 0 Å². The molecule has 4 nitrogen and oxygen atoms in total. The summed E-state index contributed by atoms with van der Waals surface area (Å²) in [5, 5.41) is 11.1. The lowest BCUT2D eigenvalue weighted by molar-refractivity contribution is 0.0399. The number of rotatable bonds is 7. The van der Waals surface area contributed by atoms with Gasteiger partial charge in [0.15, 0.2) is 0 Å². The van der Waals surface area contributed by atoms with E-state index in [1.807, 2.05) is 7.05 Å². The molecule has 1 N–H and O–H groups in total. The fourth-order valence-electron chi connectivity index (χ4n) is 2.63. The number of nitrogens with zero attached hydrogens (tertiary/aromatic N) is 1. The Hall–Kier alpha value is -0.520. The van der Waals surface area contributed by atoms with Crippen LogP contribution in [0.3, 0.4) is 0 Å². The first-order valence-corrected chi connectivity index (χ1v) is 8.32. The van der Waals surface area contributed by atoms with Gasteiger partial charge in [-0.05, 0) is 44.0 Å². The molecule has 1 unspecified atom stereocenters. The van der Waals surface area contributed by atoms with E-state index in [4.69, 9.17) is 32.7 Å². The largest absolute Gasteiger partial charge is 0.489 e. The molecule has 1 heterocycles. The van der Waals surface area contributed by atoms with Crippen LogP contribution in [0.1, 0.15) is 12.8 Å². The Bertz CT molecular complexity index is 467. The highest BCUT2D eigenvalue weighted by Gasteiger charge is 2.17. The molecule has 0 radical (unpaired) electrons. The monoisotopic (exact) mass is 347 g/mol. The average Bonchev–Trinajstić information content (AvgIpc) is 2.47. The van der Waals surface area contributed by atoms with E-state index in [0.717, 1.165) is 32.6 Å². The Kier molecular flexibility index (Phi) is 7.25. The molecule has 0 saturated carbocycles. The van der Waals surface area contributed by atoms with Crippen molar-refractivity contribution in [3.8, 4) is 5.75 Å². The van der Waals surface area contributed by atoms with E-state index in [9.17, 15) is 5.11 Å². The van der Waals surface area contributed by atoms with Crippen molar-refractivity contribution in [3.63, 3.8) is 0 Å². The molecule has 2 rings (SSSR count). The fourth-order valence-corrected chi connectivity index (χ4v) is 3.10. The number of hydrogen-bond acceptors (Lipinski definition) is 4. The molecule has 124 valence electrons. The number of ether oxygens (including phenoxy) is 2. The lowest BCUT2D eigenvalue weighted by Crippen LogP contribution is -2.37. The Morgan fingerprint density at radius 3 is 2.77 bits per heavy atom. The van der Waals surface area contributed by atoms with Gasteiger partial charge in [-0.15, -0.1) is 0 Å². The van der Waals surface area contributed by atoms with Crippen molar-refractivity contribution in [2.45, 2.75) is 18.9 Å². The van der Waals surface area contributed by atoms with Gasteiger partial charge in [0.1, 0.15) is 18.5 Å². The summed E-state index contributed by atoms with van der Waals surface area (Å²) in [4.78, 5) is 2.15. The van der Waals surface area contributed by atoms with Crippen molar-refractivity contribution in [2.24, 2.45) is 5.92 Å². The molecule has 6 heteroatoms. The minimum absolute atomic E-state index is 0.208. The summed E-state index contributed by atoms with van der Waals surface area (Å²) in [7, 11) is 2.02. The number of halogens is 2. The highest BCUT2D eigenvalue weighted by atomic mass is 35.5. The molecule has 22 heavy (non-hydrogen) atoms. The van der Waals surface area contributed by atoms with Crippen LogP contribution in [-0.2, 0) is 4.74 Å². The molecular weight excluding hydrogens is 325 g/mol. The lowest BCUT2D eigenvalue weighted by atomic mass is 10.00. The van der Waals surface area contributed by atoms with Crippen molar-refractivity contribution in [1.82, 2.24) is 4.90 Å². The van der Waals surface area contributed by atoms with E-state index in [0.29, 0.717) is 28.3 Å². The Balaban J connectivity index is 1.71. The van der Waals surface area contributed by atoms with Gasteiger partial charge in [-0.2, -0.15) is 0 Å². The van der Waals surface area contributed by atoms with E-state index in [1.54, 1.807) is 18.2 Å². The summed E-state index contributed by atoms with van der Waals surface area (Å²) >= 11 is 11.9. The Morgan fingerprint density at radius 1 is 1.36 bits per heavy atom. The van der Waals surface area contributed by atoms with Gasteiger partial charge in [-0.1, -0.05) is 23.2 Å². The van der Waals surface area contributed by atoms with Crippen molar-refractivity contribution >= 4 is 23.2 Å². The summed E-state index contributed by atoms with van der Waals surface area (Å²) in [6.45, 7) is 3.45. The quantitative estimate of drug-likeness (QED) is 0.822. The third-order valence-corrected chi connectivity index (χ3v) is 4.29. The van der Waals surface area contributed by atoms with Gasteiger partial charge in [0.25, 0.3) is 0 Å². The van der Waals surface area contributed by atoms with Crippen LogP contribution in [0.25, 0.3) is 0 Å². The third-order valence-electron chi connectivity index (χ3n) is 3.76. The zero-order chi connectivity index (χ0) is 15.9. The minimum Gasteiger partial charge on any atom is -0.489 e. The zero-order valence-corrected chi connectivity index (χ0v) is 14.3. The summed E-state index contributed by atoms with van der Waals surface area (Å²) in [6, 6.07) is 5.05. The number of benzene rings is 1. The van der Waals surface area contributed by atoms with E-state index in [2.05, 4.69) is 4.90 Å². The lowest BCUT2D eigenvalue weighted by Gasteiger charge is -2.28. The van der Waals surface area contributed by atoms with Gasteiger partial charge in [-0.25, -0.2) is 0 Å². The van der Waals surface area contributed by atoms with E-state index in [1.165, 1.54) is 0 Å². The molecule has 0 aliphatic carbocycles. The van der Waals surface area contributed by atoms with E-state index >= 15 is 0 Å². The summed E-state index contributed by atoms with van der Waals surface area (Å²) < 4.78 is 10.9. The predicted molar refractivity (Wildman–Crippen MR) is 89.0 cm³/mol. The molecule has 1 fully saturated rings. The first kappa shape index (κ1) is 17.8. The van der Waals surface area contributed by atoms with Crippen LogP contribution in [0.5, 0.6) is 5.75 Å². The topological polar surface area (TPSA) is 41.9 Å². The first-order chi connectivity index (χ1) is 10.5. The van der Waals surface area contributed by atoms with Gasteiger partial charge < -0.3 is 19.5 Å². The molecule has 1 aromatic carbocycles. The van der Waals surface area contributed by atoms with Crippen LogP contribution in [0, 0.1) is 5.92 Å². The maximum atomic E-state index is 10.1. The number of likely N-dealkylation sites (N-methyl/N-ethyl adjacent to an activating group) is 1. The maximum Gasteiger partial charge on any atom is 0.138 e. The summed E-state index contributed by atoms with van der Waals surface area (Å²) in [5.41, 5.74) is 0. The van der Waals surface area contributed by atoms with Crippen molar-refractivity contribution in [1.29, 1.82) is 0 Å². The summed E-state index contributed by atoms with van der Waals surface area (Å²) in [5.74, 6) is 1.19. The molecule has 1 aromatic rings. The normalized spacial score (nSPS) is 17.7. The zero-order valence-electron chi connectivity index (χ0n) is 12.8. The smallest absolute Gasteiger partial charge is 0.138 e.